The van der Waals surface area contributed by atoms with Crippen LogP contribution in [-0.2, 0) is 0 Å². The maximum Gasteiger partial charge on any atom is 0.101 e. The average Bonchev–Trinajstić information content (AvgIpc) is 3.54. The lowest BCUT2D eigenvalue weighted by molar-refractivity contribution is 1.17. The fraction of sp³-hybridized carbons (Fsp3) is 0. The zero-order valence-corrected chi connectivity index (χ0v) is 21.5. The first kappa shape index (κ1) is 22.3. The van der Waals surface area contributed by atoms with Crippen LogP contribution in [0.5, 0.6) is 0 Å². The van der Waals surface area contributed by atoms with Crippen molar-refractivity contribution < 1.29 is 0 Å². The van der Waals surface area contributed by atoms with Crippen LogP contribution >= 0.6 is 0 Å². The number of nitriles is 1. The first-order chi connectivity index (χ1) is 19.8. The van der Waals surface area contributed by atoms with Gasteiger partial charge in [0.05, 0.1) is 33.3 Å². The highest BCUT2D eigenvalue weighted by Gasteiger charge is 2.20. The largest absolute Gasteiger partial charge is 0.309 e. The first-order valence-electron chi connectivity index (χ1n) is 13.3. The highest BCUT2D eigenvalue weighted by atomic mass is 15.0. The van der Waals surface area contributed by atoms with Gasteiger partial charge in [-0.25, -0.2) is 0 Å². The van der Waals surface area contributed by atoms with E-state index in [4.69, 9.17) is 0 Å². The number of nitrogens with zero attached hydrogens (tertiary/aromatic N) is 4. The van der Waals surface area contributed by atoms with Crippen molar-refractivity contribution in [2.45, 2.75) is 0 Å². The Bertz CT molecular complexity index is 2280. The molecule has 40 heavy (non-hydrogen) atoms. The minimum Gasteiger partial charge on any atom is -0.309 e. The summed E-state index contributed by atoms with van der Waals surface area (Å²) in [6.45, 7) is 0. The van der Waals surface area contributed by atoms with Gasteiger partial charge in [-0.3, -0.25) is 4.98 Å². The van der Waals surface area contributed by atoms with E-state index >= 15 is 0 Å². The molecule has 0 saturated carbocycles. The summed E-state index contributed by atoms with van der Waals surface area (Å²) >= 11 is 0. The topological polar surface area (TPSA) is 46.5 Å². The van der Waals surface area contributed by atoms with Crippen LogP contribution in [0.4, 0.5) is 0 Å². The van der Waals surface area contributed by atoms with E-state index in [9.17, 15) is 5.26 Å². The molecule has 3 aromatic heterocycles. The Labute approximate surface area is 230 Å². The van der Waals surface area contributed by atoms with E-state index < -0.39 is 0 Å². The second kappa shape index (κ2) is 8.69. The van der Waals surface area contributed by atoms with E-state index in [2.05, 4.69) is 123 Å². The SMILES string of the molecule is N#Cc1cccnc1-c1cccc(-n2c3ccccc3c3c2ccc2c4ccccc4n(-c4ccccc4)c23)c1. The van der Waals surface area contributed by atoms with Gasteiger partial charge in [-0.15, -0.1) is 0 Å². The van der Waals surface area contributed by atoms with E-state index in [0.29, 0.717) is 11.3 Å². The predicted octanol–water partition coefficient (Wildman–Crippen LogP) is 8.81. The molecule has 0 N–H and O–H groups in total. The molecule has 0 fully saturated rings. The number of pyridine rings is 1. The molecule has 0 atom stereocenters. The minimum absolute atomic E-state index is 0.566. The summed E-state index contributed by atoms with van der Waals surface area (Å²) in [5.74, 6) is 0. The maximum absolute atomic E-state index is 9.70. The number of rotatable bonds is 3. The monoisotopic (exact) mass is 510 g/mol. The normalized spacial score (nSPS) is 11.5. The summed E-state index contributed by atoms with van der Waals surface area (Å²) in [7, 11) is 0. The van der Waals surface area contributed by atoms with Crippen LogP contribution in [0.2, 0.25) is 0 Å². The third kappa shape index (κ3) is 3.15. The van der Waals surface area contributed by atoms with E-state index in [1.807, 2.05) is 18.2 Å². The lowest BCUT2D eigenvalue weighted by atomic mass is 10.1. The van der Waals surface area contributed by atoms with Crippen molar-refractivity contribution in [3.63, 3.8) is 0 Å². The number of hydrogen-bond donors (Lipinski definition) is 0. The molecule has 4 heteroatoms. The van der Waals surface area contributed by atoms with Crippen molar-refractivity contribution in [1.29, 1.82) is 5.26 Å². The quantitative estimate of drug-likeness (QED) is 0.238. The number of hydrogen-bond acceptors (Lipinski definition) is 2. The van der Waals surface area contributed by atoms with Crippen LogP contribution in [0.1, 0.15) is 5.56 Å². The van der Waals surface area contributed by atoms with Crippen molar-refractivity contribution in [3.05, 3.63) is 139 Å². The van der Waals surface area contributed by atoms with Crippen LogP contribution in [0.25, 0.3) is 66.2 Å². The van der Waals surface area contributed by atoms with Crippen molar-refractivity contribution in [3.8, 4) is 28.7 Å². The molecule has 5 aromatic carbocycles. The molecule has 0 amide bonds. The summed E-state index contributed by atoms with van der Waals surface area (Å²) in [5.41, 5.74) is 9.00. The third-order valence-electron chi connectivity index (χ3n) is 7.79. The van der Waals surface area contributed by atoms with Gasteiger partial charge in [0.2, 0.25) is 0 Å². The number of benzene rings is 5. The molecule has 0 spiro atoms. The summed E-state index contributed by atoms with van der Waals surface area (Å²) < 4.78 is 4.73. The molecule has 0 bridgehead atoms. The van der Waals surface area contributed by atoms with Crippen LogP contribution in [0, 0.1) is 11.3 Å². The van der Waals surface area contributed by atoms with Gasteiger partial charge in [0.25, 0.3) is 0 Å². The van der Waals surface area contributed by atoms with Crippen molar-refractivity contribution in [1.82, 2.24) is 14.1 Å². The zero-order valence-electron chi connectivity index (χ0n) is 21.5. The van der Waals surface area contributed by atoms with E-state index in [-0.39, 0.29) is 0 Å². The molecular weight excluding hydrogens is 488 g/mol. The van der Waals surface area contributed by atoms with Gasteiger partial charge in [-0.2, -0.15) is 5.26 Å². The second-order valence-electron chi connectivity index (χ2n) is 9.96. The highest BCUT2D eigenvalue weighted by molar-refractivity contribution is 6.26. The Kier molecular flexibility index (Phi) is 4.85. The Morgan fingerprint density at radius 3 is 2.10 bits per heavy atom. The summed E-state index contributed by atoms with van der Waals surface area (Å²) in [4.78, 5) is 4.54. The molecule has 0 radical (unpaired) electrons. The van der Waals surface area contributed by atoms with Gasteiger partial charge in [-0.05, 0) is 54.6 Å². The van der Waals surface area contributed by atoms with E-state index in [1.165, 1.54) is 32.6 Å². The molecule has 0 aliphatic heterocycles. The third-order valence-corrected chi connectivity index (χ3v) is 7.79. The molecule has 0 aliphatic carbocycles. The van der Waals surface area contributed by atoms with Crippen molar-refractivity contribution in [2.24, 2.45) is 0 Å². The fourth-order valence-corrected chi connectivity index (χ4v) is 6.15. The zero-order chi connectivity index (χ0) is 26.6. The molecule has 0 aliphatic rings. The second-order valence-corrected chi connectivity index (χ2v) is 9.96. The number of aromatic nitrogens is 3. The Hall–Kier alpha value is -5.66. The fourth-order valence-electron chi connectivity index (χ4n) is 6.15. The summed E-state index contributed by atoms with van der Waals surface area (Å²) in [6.07, 6.45) is 1.74. The van der Waals surface area contributed by atoms with Gasteiger partial charge >= 0.3 is 0 Å². The Balaban J connectivity index is 1.51. The maximum atomic E-state index is 9.70. The summed E-state index contributed by atoms with van der Waals surface area (Å²) in [5, 5.41) is 14.6. The summed E-state index contributed by atoms with van der Waals surface area (Å²) in [6, 6.07) is 46.6. The Morgan fingerprint density at radius 1 is 0.550 bits per heavy atom. The van der Waals surface area contributed by atoms with Crippen molar-refractivity contribution >= 4 is 43.6 Å². The standard InChI is InChI=1S/C36H22N4/c37-23-25-11-9-21-38-35(25)24-10-8-14-27(22-24)39-32-18-7-5-16-30(32)34-33(39)20-19-29-28-15-4-6-17-31(28)40(36(29)34)26-12-2-1-3-13-26/h1-22H. The molecule has 4 nitrogen and oxygen atoms in total. The minimum atomic E-state index is 0.566. The molecule has 8 aromatic rings. The van der Waals surface area contributed by atoms with Crippen LogP contribution in [0.3, 0.4) is 0 Å². The highest BCUT2D eigenvalue weighted by Crippen LogP contribution is 2.42. The van der Waals surface area contributed by atoms with Gasteiger partial charge in [0, 0.05) is 44.7 Å². The van der Waals surface area contributed by atoms with Gasteiger partial charge in [0.15, 0.2) is 0 Å². The van der Waals surface area contributed by atoms with E-state index in [0.717, 1.165) is 28.0 Å². The predicted molar refractivity (Wildman–Crippen MR) is 163 cm³/mol. The van der Waals surface area contributed by atoms with Gasteiger partial charge in [-0.1, -0.05) is 72.8 Å². The average molecular weight is 511 g/mol. The van der Waals surface area contributed by atoms with Crippen molar-refractivity contribution in [2.75, 3.05) is 0 Å². The smallest absolute Gasteiger partial charge is 0.101 e. The molecular formula is C36H22N4. The molecule has 0 saturated heterocycles. The Morgan fingerprint density at radius 2 is 1.27 bits per heavy atom. The van der Waals surface area contributed by atoms with Crippen LogP contribution < -0.4 is 0 Å². The number of fused-ring (bicyclic) bond motifs is 7. The van der Waals surface area contributed by atoms with Gasteiger partial charge in [0.1, 0.15) is 6.07 Å². The molecule has 3 heterocycles. The lowest BCUT2D eigenvalue weighted by Crippen LogP contribution is -1.96. The lowest BCUT2D eigenvalue weighted by Gasteiger charge is -2.11. The first-order valence-corrected chi connectivity index (χ1v) is 13.3. The molecule has 0 unspecified atom stereocenters. The van der Waals surface area contributed by atoms with Crippen LogP contribution in [-0.4, -0.2) is 14.1 Å². The van der Waals surface area contributed by atoms with E-state index in [1.54, 1.807) is 12.3 Å². The number of para-hydroxylation sites is 3. The molecule has 186 valence electrons. The van der Waals surface area contributed by atoms with Crippen LogP contribution in [0.15, 0.2) is 134 Å². The molecule has 8 rings (SSSR count). The van der Waals surface area contributed by atoms with Gasteiger partial charge < -0.3 is 9.13 Å².